The predicted octanol–water partition coefficient (Wildman–Crippen LogP) is 4.26. The second-order valence-electron chi connectivity index (χ2n) is 6.40. The maximum atomic E-state index is 5.26. The molecule has 27 heavy (non-hydrogen) atoms. The molecule has 0 saturated heterocycles. The van der Waals surface area contributed by atoms with Gasteiger partial charge >= 0.3 is 0 Å². The topological polar surface area (TPSA) is 39.9 Å². The lowest BCUT2D eigenvalue weighted by molar-refractivity contribution is 0.181. The first-order chi connectivity index (χ1) is 13.4. The van der Waals surface area contributed by atoms with Crippen LogP contribution in [0.1, 0.15) is 22.4 Å². The van der Waals surface area contributed by atoms with Gasteiger partial charge in [-0.3, -0.25) is 0 Å². The largest absolute Gasteiger partial charge is 0.378 e. The summed E-state index contributed by atoms with van der Waals surface area (Å²) in [4.78, 5) is 0. The third-order valence-electron chi connectivity index (χ3n) is 4.75. The van der Waals surface area contributed by atoms with E-state index in [0.717, 1.165) is 22.4 Å². The summed E-state index contributed by atoms with van der Waals surface area (Å²) < 4.78 is 7.20. The quantitative estimate of drug-likeness (QED) is 0.485. The fourth-order valence-corrected chi connectivity index (χ4v) is 3.61. The molecule has 134 valence electrons. The number of ether oxygens (including phenoxy) is 1. The summed E-state index contributed by atoms with van der Waals surface area (Å²) in [5, 5.41) is 8.86. The van der Waals surface area contributed by atoms with Crippen LogP contribution in [-0.2, 0) is 16.9 Å². The Bertz CT molecular complexity index is 885. The van der Waals surface area contributed by atoms with Crippen LogP contribution in [0.4, 0.5) is 0 Å². The van der Waals surface area contributed by atoms with Crippen molar-refractivity contribution >= 4 is 0 Å². The predicted molar refractivity (Wildman–Crippen MR) is 105 cm³/mol. The van der Waals surface area contributed by atoms with Crippen LogP contribution in [-0.4, -0.2) is 22.1 Å². The van der Waals surface area contributed by atoms with Gasteiger partial charge in [-0.25, -0.2) is 4.68 Å². The Hall–Kier alpha value is -3.24. The van der Waals surface area contributed by atoms with E-state index in [4.69, 9.17) is 4.74 Å². The molecule has 0 N–H and O–H groups in total. The van der Waals surface area contributed by atoms with Gasteiger partial charge in [-0.05, 0) is 16.7 Å². The lowest BCUT2D eigenvalue weighted by Crippen LogP contribution is -2.38. The van der Waals surface area contributed by atoms with Crippen LogP contribution < -0.4 is 0 Å². The molecular formula is C23H21N3O. The molecule has 3 aromatic carbocycles. The van der Waals surface area contributed by atoms with Crippen molar-refractivity contribution in [3.8, 4) is 0 Å². The smallest absolute Gasteiger partial charge is 0.139 e. The van der Waals surface area contributed by atoms with E-state index in [1.165, 1.54) is 0 Å². The average Bonchev–Trinajstić information content (AvgIpc) is 3.20. The zero-order valence-electron chi connectivity index (χ0n) is 15.2. The summed E-state index contributed by atoms with van der Waals surface area (Å²) in [6, 6.07) is 31.3. The summed E-state index contributed by atoms with van der Waals surface area (Å²) in [6.45, 7) is 0.425. The minimum absolute atomic E-state index is 0.425. The Morgan fingerprint density at radius 3 is 1.59 bits per heavy atom. The first-order valence-electron chi connectivity index (χ1n) is 8.93. The molecule has 0 spiro atoms. The summed E-state index contributed by atoms with van der Waals surface area (Å²) in [5.41, 5.74) is 3.54. The second-order valence-corrected chi connectivity index (χ2v) is 6.40. The first kappa shape index (κ1) is 17.2. The molecule has 4 heteroatoms. The van der Waals surface area contributed by atoms with E-state index in [1.807, 2.05) is 29.1 Å². The molecule has 0 unspecified atom stereocenters. The number of benzene rings is 3. The molecule has 0 atom stereocenters. The van der Waals surface area contributed by atoms with Crippen LogP contribution in [0.2, 0.25) is 0 Å². The van der Waals surface area contributed by atoms with Crippen LogP contribution in [0.15, 0.2) is 97.2 Å². The Morgan fingerprint density at radius 1 is 0.741 bits per heavy atom. The monoisotopic (exact) mass is 355 g/mol. The van der Waals surface area contributed by atoms with Crippen molar-refractivity contribution in [3.05, 3.63) is 120 Å². The molecule has 0 fully saturated rings. The highest BCUT2D eigenvalue weighted by Gasteiger charge is 2.39. The maximum absolute atomic E-state index is 5.26. The molecule has 4 rings (SSSR count). The van der Waals surface area contributed by atoms with Gasteiger partial charge in [0.15, 0.2) is 0 Å². The molecule has 0 aliphatic rings. The molecule has 1 aromatic heterocycles. The van der Waals surface area contributed by atoms with Crippen LogP contribution in [0.5, 0.6) is 0 Å². The molecule has 0 aliphatic carbocycles. The lowest BCUT2D eigenvalue weighted by Gasteiger charge is -2.35. The SMILES string of the molecule is COCc1cn(C(c2ccccc2)(c2ccccc2)c2ccccc2)nn1. The van der Waals surface area contributed by atoms with E-state index in [0.29, 0.717) is 6.61 Å². The highest BCUT2D eigenvalue weighted by Crippen LogP contribution is 2.40. The van der Waals surface area contributed by atoms with Crippen LogP contribution >= 0.6 is 0 Å². The fraction of sp³-hybridized carbons (Fsp3) is 0.130. The van der Waals surface area contributed by atoms with Crippen molar-refractivity contribution in [2.75, 3.05) is 7.11 Å². The average molecular weight is 355 g/mol. The normalized spacial score (nSPS) is 11.4. The van der Waals surface area contributed by atoms with E-state index in [9.17, 15) is 0 Å². The van der Waals surface area contributed by atoms with Crippen LogP contribution in [0, 0.1) is 0 Å². The van der Waals surface area contributed by atoms with E-state index in [1.54, 1.807) is 7.11 Å². The molecule has 0 aliphatic heterocycles. The van der Waals surface area contributed by atoms with Crippen molar-refractivity contribution in [2.45, 2.75) is 12.1 Å². The zero-order valence-corrected chi connectivity index (χ0v) is 15.2. The van der Waals surface area contributed by atoms with Gasteiger partial charge in [-0.2, -0.15) is 0 Å². The molecule has 0 bridgehead atoms. The van der Waals surface area contributed by atoms with Gasteiger partial charge in [0.05, 0.1) is 12.8 Å². The van der Waals surface area contributed by atoms with Gasteiger partial charge in [0, 0.05) is 7.11 Å². The minimum Gasteiger partial charge on any atom is -0.378 e. The van der Waals surface area contributed by atoms with Gasteiger partial charge in [0.2, 0.25) is 0 Å². The molecule has 4 aromatic rings. The minimum atomic E-state index is -0.622. The third-order valence-corrected chi connectivity index (χ3v) is 4.75. The summed E-state index contributed by atoms with van der Waals surface area (Å²) >= 11 is 0. The fourth-order valence-electron chi connectivity index (χ4n) is 3.61. The standard InChI is InChI=1S/C23H21N3O/c1-27-18-22-17-26(25-24-22)23(19-11-5-2-6-12-19,20-13-7-3-8-14-20)21-15-9-4-10-16-21/h2-17H,18H2,1H3. The molecule has 0 amide bonds. The number of nitrogens with zero attached hydrogens (tertiary/aromatic N) is 3. The van der Waals surface area contributed by atoms with E-state index >= 15 is 0 Å². The summed E-state index contributed by atoms with van der Waals surface area (Å²) in [5.74, 6) is 0. The zero-order chi connectivity index (χ0) is 18.5. The number of methoxy groups -OCH3 is 1. The Labute approximate surface area is 159 Å². The molecule has 4 nitrogen and oxygen atoms in total. The number of hydrogen-bond donors (Lipinski definition) is 0. The number of aromatic nitrogens is 3. The summed E-state index contributed by atoms with van der Waals surface area (Å²) in [6.07, 6.45) is 1.97. The summed E-state index contributed by atoms with van der Waals surface area (Å²) in [7, 11) is 1.66. The Morgan fingerprint density at radius 2 is 1.19 bits per heavy atom. The Balaban J connectivity index is 2.06. The van der Waals surface area contributed by atoms with Crippen molar-refractivity contribution in [2.24, 2.45) is 0 Å². The number of hydrogen-bond acceptors (Lipinski definition) is 3. The lowest BCUT2D eigenvalue weighted by atomic mass is 9.77. The van der Waals surface area contributed by atoms with Crippen molar-refractivity contribution in [1.82, 2.24) is 15.0 Å². The van der Waals surface area contributed by atoms with Gasteiger partial charge < -0.3 is 4.74 Å². The second kappa shape index (κ2) is 7.56. The van der Waals surface area contributed by atoms with Gasteiger partial charge in [-0.1, -0.05) is 96.2 Å². The van der Waals surface area contributed by atoms with E-state index < -0.39 is 5.54 Å². The van der Waals surface area contributed by atoms with E-state index in [2.05, 4.69) is 83.1 Å². The van der Waals surface area contributed by atoms with Gasteiger partial charge in [-0.15, -0.1) is 5.10 Å². The van der Waals surface area contributed by atoms with E-state index in [-0.39, 0.29) is 0 Å². The molecule has 1 heterocycles. The highest BCUT2D eigenvalue weighted by molar-refractivity contribution is 5.50. The van der Waals surface area contributed by atoms with Crippen LogP contribution in [0.3, 0.4) is 0 Å². The molecular weight excluding hydrogens is 334 g/mol. The van der Waals surface area contributed by atoms with Gasteiger partial charge in [0.1, 0.15) is 11.2 Å². The third kappa shape index (κ3) is 3.04. The first-order valence-corrected chi connectivity index (χ1v) is 8.93. The highest BCUT2D eigenvalue weighted by atomic mass is 16.5. The van der Waals surface area contributed by atoms with Crippen molar-refractivity contribution in [3.63, 3.8) is 0 Å². The Kier molecular flexibility index (Phi) is 4.81. The van der Waals surface area contributed by atoms with Gasteiger partial charge in [0.25, 0.3) is 0 Å². The maximum Gasteiger partial charge on any atom is 0.139 e. The van der Waals surface area contributed by atoms with Crippen molar-refractivity contribution in [1.29, 1.82) is 0 Å². The van der Waals surface area contributed by atoms with Crippen molar-refractivity contribution < 1.29 is 4.74 Å². The number of rotatable bonds is 6. The molecule has 0 saturated carbocycles. The van der Waals surface area contributed by atoms with Crippen LogP contribution in [0.25, 0.3) is 0 Å². The molecule has 0 radical (unpaired) electrons.